The highest BCUT2D eigenvalue weighted by atomic mass is 16.6. The first kappa shape index (κ1) is 16.4. The Balaban J connectivity index is 1.62. The summed E-state index contributed by atoms with van der Waals surface area (Å²) < 4.78 is 10.9. The van der Waals surface area contributed by atoms with Crippen molar-refractivity contribution in [1.29, 1.82) is 0 Å². The zero-order chi connectivity index (χ0) is 16.9. The lowest BCUT2D eigenvalue weighted by Gasteiger charge is -2.21. The molecular formula is C18H20N2O4. The number of aliphatic hydroxyl groups is 1. The topological polar surface area (TPSA) is 80.7 Å². The molecule has 6 nitrogen and oxygen atoms in total. The number of aromatic nitrogens is 1. The Kier molecular flexibility index (Phi) is 5.08. The Morgan fingerprint density at radius 2 is 2.08 bits per heavy atom. The first-order chi connectivity index (χ1) is 11.6. The van der Waals surface area contributed by atoms with Gasteiger partial charge < -0.3 is 19.9 Å². The van der Waals surface area contributed by atoms with E-state index in [4.69, 9.17) is 9.47 Å². The lowest BCUT2D eigenvalue weighted by molar-refractivity contribution is -0.151. The molecule has 0 saturated carbocycles. The van der Waals surface area contributed by atoms with Gasteiger partial charge in [-0.1, -0.05) is 12.1 Å². The van der Waals surface area contributed by atoms with Crippen LogP contribution >= 0.6 is 0 Å². The zero-order valence-electron chi connectivity index (χ0n) is 13.4. The average molecular weight is 328 g/mol. The molecule has 1 fully saturated rings. The number of aliphatic hydroxyl groups excluding tert-OH is 1. The Morgan fingerprint density at radius 3 is 2.75 bits per heavy atom. The smallest absolute Gasteiger partial charge is 0.303 e. The van der Waals surface area contributed by atoms with E-state index in [0.29, 0.717) is 18.7 Å². The molecule has 3 rings (SSSR count). The van der Waals surface area contributed by atoms with Crippen molar-refractivity contribution in [2.24, 2.45) is 0 Å². The average Bonchev–Trinajstić information content (AvgIpc) is 2.90. The van der Waals surface area contributed by atoms with E-state index in [9.17, 15) is 9.90 Å². The predicted octanol–water partition coefficient (Wildman–Crippen LogP) is 1.68. The molecule has 2 N–H and O–H groups in total. The van der Waals surface area contributed by atoms with Crippen molar-refractivity contribution in [2.45, 2.75) is 31.6 Å². The number of benzene rings is 1. The lowest BCUT2D eigenvalue weighted by Crippen LogP contribution is -2.38. The minimum absolute atomic E-state index is 0.103. The molecule has 1 aromatic heterocycles. The third kappa shape index (κ3) is 4.10. The van der Waals surface area contributed by atoms with E-state index in [2.05, 4.69) is 10.3 Å². The fraction of sp³-hybridized carbons (Fsp3) is 0.333. The second kappa shape index (κ2) is 7.42. The summed E-state index contributed by atoms with van der Waals surface area (Å²) in [5.74, 6) is 1.02. The van der Waals surface area contributed by atoms with Crippen molar-refractivity contribution < 1.29 is 19.4 Å². The molecule has 1 aliphatic rings. The summed E-state index contributed by atoms with van der Waals surface area (Å²) in [6.45, 7) is 1.78. The highest BCUT2D eigenvalue weighted by Crippen LogP contribution is 2.22. The highest BCUT2D eigenvalue weighted by molar-refractivity contribution is 5.66. The van der Waals surface area contributed by atoms with Gasteiger partial charge in [-0.05, 0) is 36.2 Å². The first-order valence-electron chi connectivity index (χ1n) is 7.87. The molecule has 1 aromatic carbocycles. The predicted molar refractivity (Wildman–Crippen MR) is 87.8 cm³/mol. The van der Waals surface area contributed by atoms with Crippen molar-refractivity contribution in [2.75, 3.05) is 6.54 Å². The summed E-state index contributed by atoms with van der Waals surface area (Å²) >= 11 is 0. The van der Waals surface area contributed by atoms with Gasteiger partial charge in [0.25, 0.3) is 0 Å². The van der Waals surface area contributed by atoms with Gasteiger partial charge in [0.15, 0.2) is 0 Å². The van der Waals surface area contributed by atoms with Gasteiger partial charge in [-0.2, -0.15) is 0 Å². The molecule has 0 amide bonds. The Hall–Kier alpha value is -2.44. The zero-order valence-corrected chi connectivity index (χ0v) is 13.4. The van der Waals surface area contributed by atoms with Gasteiger partial charge in [0.1, 0.15) is 23.7 Å². The fourth-order valence-electron chi connectivity index (χ4n) is 2.80. The number of rotatable bonds is 5. The number of carbonyl (C=O) groups excluding carboxylic acids is 1. The molecule has 6 heteroatoms. The highest BCUT2D eigenvalue weighted by Gasteiger charge is 2.37. The summed E-state index contributed by atoms with van der Waals surface area (Å²) in [6.07, 6.45) is 2.81. The Morgan fingerprint density at radius 1 is 1.29 bits per heavy atom. The van der Waals surface area contributed by atoms with Gasteiger partial charge in [0, 0.05) is 19.7 Å². The van der Waals surface area contributed by atoms with Crippen LogP contribution in [0.3, 0.4) is 0 Å². The number of hydrogen-bond acceptors (Lipinski definition) is 6. The summed E-state index contributed by atoms with van der Waals surface area (Å²) in [7, 11) is 0. The van der Waals surface area contributed by atoms with E-state index in [1.54, 1.807) is 12.4 Å². The van der Waals surface area contributed by atoms with Crippen molar-refractivity contribution in [3.8, 4) is 11.5 Å². The molecular weight excluding hydrogens is 308 g/mol. The molecule has 126 valence electrons. The maximum absolute atomic E-state index is 11.2. The van der Waals surface area contributed by atoms with E-state index in [1.807, 2.05) is 36.4 Å². The second-order valence-electron chi connectivity index (χ2n) is 5.80. The number of esters is 1. The quantitative estimate of drug-likeness (QED) is 0.813. The van der Waals surface area contributed by atoms with Gasteiger partial charge in [-0.25, -0.2) is 0 Å². The molecule has 2 heterocycles. The van der Waals surface area contributed by atoms with Crippen LogP contribution in [0.4, 0.5) is 0 Å². The molecule has 3 atom stereocenters. The molecule has 1 aliphatic heterocycles. The number of β-amino-alcohol motifs (C(OH)–C–C–N with tert-alkyl or cyclic N) is 1. The third-order valence-corrected chi connectivity index (χ3v) is 3.92. The molecule has 24 heavy (non-hydrogen) atoms. The summed E-state index contributed by atoms with van der Waals surface area (Å²) in [5.41, 5.74) is 1.07. The molecule has 0 radical (unpaired) electrons. The number of nitrogens with zero attached hydrogens (tertiary/aromatic N) is 1. The number of nitrogens with one attached hydrogen (secondary N) is 1. The normalized spacial score (nSPS) is 23.0. The third-order valence-electron chi connectivity index (χ3n) is 3.92. The van der Waals surface area contributed by atoms with Crippen LogP contribution in [-0.2, 0) is 16.0 Å². The molecule has 0 spiro atoms. The summed E-state index contributed by atoms with van der Waals surface area (Å²) in [5, 5.41) is 13.1. The standard InChI is InChI=1S/C18H20N2O4/c1-12(21)23-18-16(20-11-17(18)22)9-13-4-6-14(7-5-13)24-15-3-2-8-19-10-15/h2-8,10,16-18,20,22H,9,11H2,1H3/t16-,17?,18+/m1/s1. The largest absolute Gasteiger partial charge is 0.458 e. The van der Waals surface area contributed by atoms with Crippen LogP contribution in [0.2, 0.25) is 0 Å². The number of hydrogen-bond donors (Lipinski definition) is 2. The minimum atomic E-state index is -0.674. The van der Waals surface area contributed by atoms with Crippen molar-refractivity contribution >= 4 is 5.97 Å². The second-order valence-corrected chi connectivity index (χ2v) is 5.80. The van der Waals surface area contributed by atoms with Crippen LogP contribution in [0.1, 0.15) is 12.5 Å². The Bertz CT molecular complexity index is 675. The molecule has 0 bridgehead atoms. The van der Waals surface area contributed by atoms with Crippen LogP contribution < -0.4 is 10.1 Å². The van der Waals surface area contributed by atoms with Crippen molar-refractivity contribution in [3.05, 3.63) is 54.4 Å². The maximum atomic E-state index is 11.2. The van der Waals surface area contributed by atoms with E-state index in [-0.39, 0.29) is 12.0 Å². The first-order valence-corrected chi connectivity index (χ1v) is 7.87. The molecule has 1 unspecified atom stereocenters. The molecule has 2 aromatic rings. The van der Waals surface area contributed by atoms with E-state index < -0.39 is 12.2 Å². The minimum Gasteiger partial charge on any atom is -0.458 e. The summed E-state index contributed by atoms with van der Waals surface area (Å²) in [4.78, 5) is 15.2. The van der Waals surface area contributed by atoms with Crippen molar-refractivity contribution in [1.82, 2.24) is 10.3 Å². The van der Waals surface area contributed by atoms with Gasteiger partial charge in [-0.3, -0.25) is 9.78 Å². The van der Waals surface area contributed by atoms with Gasteiger partial charge >= 0.3 is 5.97 Å². The fourth-order valence-corrected chi connectivity index (χ4v) is 2.80. The maximum Gasteiger partial charge on any atom is 0.303 e. The van der Waals surface area contributed by atoms with Crippen molar-refractivity contribution in [3.63, 3.8) is 0 Å². The van der Waals surface area contributed by atoms with Crippen LogP contribution in [0.15, 0.2) is 48.8 Å². The van der Waals surface area contributed by atoms with Gasteiger partial charge in [0.05, 0.1) is 12.2 Å². The van der Waals surface area contributed by atoms with Gasteiger partial charge in [-0.15, -0.1) is 0 Å². The van der Waals surface area contributed by atoms with E-state index >= 15 is 0 Å². The Labute approximate surface area is 140 Å². The SMILES string of the molecule is CC(=O)O[C@@H]1C(O)CN[C@@H]1Cc1ccc(Oc2cccnc2)cc1. The number of carbonyl (C=O) groups is 1. The van der Waals surface area contributed by atoms with Crippen LogP contribution in [0, 0.1) is 0 Å². The lowest BCUT2D eigenvalue weighted by atomic mass is 10.0. The monoisotopic (exact) mass is 328 g/mol. The summed E-state index contributed by atoms with van der Waals surface area (Å²) in [6, 6.07) is 11.2. The van der Waals surface area contributed by atoms with Gasteiger partial charge in [0.2, 0.25) is 0 Å². The van der Waals surface area contributed by atoms with E-state index in [0.717, 1.165) is 11.3 Å². The van der Waals surface area contributed by atoms with Crippen LogP contribution in [0.5, 0.6) is 11.5 Å². The van der Waals surface area contributed by atoms with Crippen LogP contribution in [-0.4, -0.2) is 40.9 Å². The number of pyridine rings is 1. The molecule has 0 aliphatic carbocycles. The van der Waals surface area contributed by atoms with Crippen LogP contribution in [0.25, 0.3) is 0 Å². The number of ether oxygens (including phenoxy) is 2. The molecule has 1 saturated heterocycles. The van der Waals surface area contributed by atoms with E-state index in [1.165, 1.54) is 6.92 Å².